The van der Waals surface area contributed by atoms with Gasteiger partial charge in [-0.25, -0.2) is 0 Å². The molecule has 0 aromatic heterocycles. The molecular weight excluding hydrogens is 244 g/mol. The molecule has 0 aliphatic carbocycles. The minimum absolute atomic E-state index is 0.0681. The first kappa shape index (κ1) is 14.3. The molecule has 2 saturated heterocycles. The predicted octanol–water partition coefficient (Wildman–Crippen LogP) is -0.852. The van der Waals surface area contributed by atoms with Crippen LogP contribution >= 0.6 is 0 Å². The van der Waals surface area contributed by atoms with Gasteiger partial charge in [0, 0.05) is 32.7 Å². The Morgan fingerprint density at radius 1 is 1.05 bits per heavy atom. The van der Waals surface area contributed by atoms with Gasteiger partial charge in [0.05, 0.1) is 12.5 Å². The van der Waals surface area contributed by atoms with Crippen molar-refractivity contribution in [3.8, 4) is 0 Å². The van der Waals surface area contributed by atoms with Crippen LogP contribution in [-0.2, 0) is 9.59 Å². The molecule has 0 bridgehead atoms. The molecule has 2 fully saturated rings. The third-order valence-corrected chi connectivity index (χ3v) is 3.97. The lowest BCUT2D eigenvalue weighted by Crippen LogP contribution is -2.48. The van der Waals surface area contributed by atoms with E-state index >= 15 is 0 Å². The molecular formula is C13H24N4O2. The molecule has 2 aliphatic heterocycles. The number of nitrogens with two attached hydrogens (primary N) is 1. The van der Waals surface area contributed by atoms with Crippen LogP contribution in [0.5, 0.6) is 0 Å². The molecule has 6 heteroatoms. The highest BCUT2D eigenvalue weighted by Crippen LogP contribution is 2.13. The van der Waals surface area contributed by atoms with Crippen molar-refractivity contribution in [1.82, 2.24) is 15.1 Å². The van der Waals surface area contributed by atoms with E-state index < -0.39 is 6.04 Å². The monoisotopic (exact) mass is 268 g/mol. The highest BCUT2D eigenvalue weighted by Gasteiger charge is 2.29. The highest BCUT2D eigenvalue weighted by molar-refractivity contribution is 5.87. The topological polar surface area (TPSA) is 78.7 Å². The number of primary amides is 1. The van der Waals surface area contributed by atoms with Crippen molar-refractivity contribution in [1.29, 1.82) is 0 Å². The fourth-order valence-corrected chi connectivity index (χ4v) is 2.85. The molecule has 6 nitrogen and oxygen atoms in total. The van der Waals surface area contributed by atoms with Gasteiger partial charge in [-0.05, 0) is 25.8 Å². The maximum absolute atomic E-state index is 12.2. The zero-order valence-corrected chi connectivity index (χ0v) is 11.4. The Hall–Kier alpha value is -1.14. The van der Waals surface area contributed by atoms with Crippen molar-refractivity contribution >= 4 is 11.8 Å². The molecule has 108 valence electrons. The second-order valence-electron chi connectivity index (χ2n) is 5.35. The molecule has 19 heavy (non-hydrogen) atoms. The van der Waals surface area contributed by atoms with Crippen molar-refractivity contribution in [2.24, 2.45) is 5.73 Å². The Bertz CT molecular complexity index is 321. The van der Waals surface area contributed by atoms with E-state index in [1.54, 1.807) is 0 Å². The number of carbonyl (C=O) groups is 2. The van der Waals surface area contributed by atoms with E-state index in [1.165, 1.54) is 0 Å². The van der Waals surface area contributed by atoms with E-state index in [2.05, 4.69) is 10.2 Å². The summed E-state index contributed by atoms with van der Waals surface area (Å²) in [4.78, 5) is 27.7. The zero-order chi connectivity index (χ0) is 13.7. The first-order valence-electron chi connectivity index (χ1n) is 7.20. The number of rotatable bonds is 4. The third kappa shape index (κ3) is 3.91. The van der Waals surface area contributed by atoms with Crippen LogP contribution in [0.1, 0.15) is 25.7 Å². The zero-order valence-electron chi connectivity index (χ0n) is 11.4. The van der Waals surface area contributed by atoms with Gasteiger partial charge in [0.2, 0.25) is 11.8 Å². The van der Waals surface area contributed by atoms with Gasteiger partial charge in [-0.1, -0.05) is 0 Å². The molecule has 3 N–H and O–H groups in total. The summed E-state index contributed by atoms with van der Waals surface area (Å²) in [6, 6.07) is -0.451. The van der Waals surface area contributed by atoms with Crippen LogP contribution in [0.4, 0.5) is 0 Å². The van der Waals surface area contributed by atoms with E-state index in [9.17, 15) is 9.59 Å². The van der Waals surface area contributed by atoms with Gasteiger partial charge in [-0.15, -0.1) is 0 Å². The van der Waals surface area contributed by atoms with Gasteiger partial charge < -0.3 is 16.0 Å². The minimum atomic E-state index is -0.451. The molecule has 2 rings (SSSR count). The average Bonchev–Trinajstić information content (AvgIpc) is 2.79. The van der Waals surface area contributed by atoms with E-state index in [0.29, 0.717) is 0 Å². The average molecular weight is 268 g/mol. The van der Waals surface area contributed by atoms with E-state index in [1.807, 2.05) is 4.90 Å². The Balaban J connectivity index is 1.94. The molecule has 0 aromatic carbocycles. The summed E-state index contributed by atoms with van der Waals surface area (Å²) in [5, 5.41) is 3.29. The summed E-state index contributed by atoms with van der Waals surface area (Å²) in [5.74, 6) is -0.312. The van der Waals surface area contributed by atoms with Crippen molar-refractivity contribution in [2.45, 2.75) is 31.7 Å². The lowest BCUT2D eigenvalue weighted by atomic mass is 10.1. The summed E-state index contributed by atoms with van der Waals surface area (Å²) < 4.78 is 0. The number of likely N-dealkylation sites (tertiary alicyclic amines) is 1. The van der Waals surface area contributed by atoms with Crippen molar-refractivity contribution < 1.29 is 9.59 Å². The fourth-order valence-electron chi connectivity index (χ4n) is 2.85. The largest absolute Gasteiger partial charge is 0.368 e. The van der Waals surface area contributed by atoms with Crippen LogP contribution in [0.2, 0.25) is 0 Å². The summed E-state index contributed by atoms with van der Waals surface area (Å²) >= 11 is 0. The molecule has 1 atom stereocenters. The quantitative estimate of drug-likeness (QED) is 0.696. The summed E-state index contributed by atoms with van der Waals surface area (Å²) in [6.07, 6.45) is 3.36. The number of hydrogen-bond donors (Lipinski definition) is 2. The molecule has 0 aromatic rings. The second-order valence-corrected chi connectivity index (χ2v) is 5.35. The van der Waals surface area contributed by atoms with Gasteiger partial charge in [-0.3, -0.25) is 14.5 Å². The van der Waals surface area contributed by atoms with Crippen LogP contribution in [0.15, 0.2) is 0 Å². The Labute approximate surface area is 114 Å². The maximum Gasteiger partial charge on any atom is 0.235 e. The van der Waals surface area contributed by atoms with Crippen molar-refractivity contribution in [3.63, 3.8) is 0 Å². The first-order valence-corrected chi connectivity index (χ1v) is 7.20. The van der Waals surface area contributed by atoms with Crippen LogP contribution in [-0.4, -0.2) is 66.9 Å². The molecule has 0 saturated carbocycles. The van der Waals surface area contributed by atoms with Gasteiger partial charge in [0.25, 0.3) is 0 Å². The molecule has 2 heterocycles. The molecule has 2 aliphatic rings. The predicted molar refractivity (Wildman–Crippen MR) is 72.5 cm³/mol. The molecule has 1 unspecified atom stereocenters. The van der Waals surface area contributed by atoms with Crippen molar-refractivity contribution in [2.75, 3.05) is 39.3 Å². The van der Waals surface area contributed by atoms with E-state index in [4.69, 9.17) is 5.73 Å². The van der Waals surface area contributed by atoms with Crippen LogP contribution in [0.25, 0.3) is 0 Å². The van der Waals surface area contributed by atoms with Gasteiger partial charge in [0.1, 0.15) is 0 Å². The lowest BCUT2D eigenvalue weighted by molar-refractivity contribution is -0.135. The number of hydrogen-bond acceptors (Lipinski definition) is 4. The highest BCUT2D eigenvalue weighted by atomic mass is 16.2. The Morgan fingerprint density at radius 2 is 1.79 bits per heavy atom. The summed E-state index contributed by atoms with van der Waals surface area (Å²) in [7, 11) is 0. The SMILES string of the molecule is NC(=O)C(CC(=O)N1CCCC1)N1CCCNCC1. The minimum Gasteiger partial charge on any atom is -0.368 e. The van der Waals surface area contributed by atoms with Gasteiger partial charge in [-0.2, -0.15) is 0 Å². The molecule has 0 radical (unpaired) electrons. The van der Waals surface area contributed by atoms with Crippen LogP contribution < -0.4 is 11.1 Å². The van der Waals surface area contributed by atoms with Gasteiger partial charge in [0.15, 0.2) is 0 Å². The number of nitrogens with one attached hydrogen (secondary N) is 1. The summed E-state index contributed by atoms with van der Waals surface area (Å²) in [6.45, 7) is 5.07. The lowest BCUT2D eigenvalue weighted by Gasteiger charge is -2.28. The first-order chi connectivity index (χ1) is 9.18. The van der Waals surface area contributed by atoms with Crippen LogP contribution in [0.3, 0.4) is 0 Å². The van der Waals surface area contributed by atoms with Gasteiger partial charge >= 0.3 is 0 Å². The number of carbonyl (C=O) groups excluding carboxylic acids is 2. The smallest absolute Gasteiger partial charge is 0.235 e. The number of nitrogens with zero attached hydrogens (tertiary/aromatic N) is 2. The normalized spacial score (nSPS) is 23.1. The third-order valence-electron chi connectivity index (χ3n) is 3.97. The molecule has 2 amide bonds. The van der Waals surface area contributed by atoms with E-state index in [-0.39, 0.29) is 18.2 Å². The fraction of sp³-hybridized carbons (Fsp3) is 0.846. The number of amides is 2. The van der Waals surface area contributed by atoms with Crippen molar-refractivity contribution in [3.05, 3.63) is 0 Å². The molecule has 0 spiro atoms. The van der Waals surface area contributed by atoms with Crippen LogP contribution in [0, 0.1) is 0 Å². The Morgan fingerprint density at radius 3 is 2.47 bits per heavy atom. The second kappa shape index (κ2) is 6.86. The Kier molecular flexibility index (Phi) is 5.15. The maximum atomic E-state index is 12.2. The van der Waals surface area contributed by atoms with E-state index in [0.717, 1.165) is 58.5 Å². The standard InChI is InChI=1S/C13H24N4O2/c14-13(19)11(16-8-3-4-15-5-9-16)10-12(18)17-6-1-2-7-17/h11,15H,1-10H2,(H2,14,19). The summed E-state index contributed by atoms with van der Waals surface area (Å²) in [5.41, 5.74) is 5.49.